The van der Waals surface area contributed by atoms with Crippen LogP contribution in [-0.4, -0.2) is 40.8 Å². The average Bonchev–Trinajstić information content (AvgIpc) is 2.93. The van der Waals surface area contributed by atoms with Gasteiger partial charge in [-0.2, -0.15) is 0 Å². The minimum atomic E-state index is 0.0715. The highest BCUT2D eigenvalue weighted by molar-refractivity contribution is 7.13. The molecule has 0 radical (unpaired) electrons. The Morgan fingerprint density at radius 2 is 2.12 bits per heavy atom. The third-order valence-corrected chi connectivity index (χ3v) is 5.54. The van der Waals surface area contributed by atoms with Gasteiger partial charge in [0.15, 0.2) is 0 Å². The fraction of sp³-hybridized carbons (Fsp3) is 0.722. The van der Waals surface area contributed by atoms with E-state index in [-0.39, 0.29) is 17.9 Å². The molecule has 2 heterocycles. The molecule has 1 aromatic rings. The van der Waals surface area contributed by atoms with Crippen molar-refractivity contribution in [3.05, 3.63) is 15.6 Å². The van der Waals surface area contributed by atoms with Crippen molar-refractivity contribution in [3.8, 4) is 0 Å². The quantitative estimate of drug-likeness (QED) is 0.820. The van der Waals surface area contributed by atoms with Gasteiger partial charge in [0.25, 0.3) is 5.91 Å². The van der Waals surface area contributed by atoms with E-state index < -0.39 is 0 Å². The number of aromatic nitrogens is 1. The molecular formula is C18H29N3O2S. The van der Waals surface area contributed by atoms with Crippen LogP contribution < -0.4 is 5.32 Å². The number of piperidine rings is 1. The maximum absolute atomic E-state index is 12.8. The molecule has 1 atom stereocenters. The molecule has 24 heavy (non-hydrogen) atoms. The van der Waals surface area contributed by atoms with Crippen LogP contribution >= 0.6 is 11.3 Å². The first kappa shape index (κ1) is 18.9. The Balaban J connectivity index is 1.98. The predicted molar refractivity (Wildman–Crippen MR) is 97.4 cm³/mol. The van der Waals surface area contributed by atoms with E-state index in [1.54, 1.807) is 0 Å². The number of carbonyl (C=O) groups excluding carboxylic acids is 2. The molecule has 134 valence electrons. The van der Waals surface area contributed by atoms with Crippen molar-refractivity contribution in [2.24, 2.45) is 0 Å². The molecule has 5 nitrogen and oxygen atoms in total. The van der Waals surface area contributed by atoms with Gasteiger partial charge in [-0.25, -0.2) is 4.98 Å². The molecule has 1 N–H and O–H groups in total. The van der Waals surface area contributed by atoms with Crippen molar-refractivity contribution in [1.82, 2.24) is 15.2 Å². The van der Waals surface area contributed by atoms with E-state index in [0.29, 0.717) is 13.0 Å². The lowest BCUT2D eigenvalue weighted by Gasteiger charge is -2.33. The van der Waals surface area contributed by atoms with Gasteiger partial charge in [0.2, 0.25) is 5.91 Å². The SMILES string of the molecule is CCCCc1nc(C)c(C(=O)N2CCCC(NC(=O)CCC)C2)s1. The van der Waals surface area contributed by atoms with E-state index in [2.05, 4.69) is 17.2 Å². The Labute approximate surface area is 148 Å². The normalized spacial score (nSPS) is 17.8. The molecule has 0 bridgehead atoms. The van der Waals surface area contributed by atoms with Crippen LogP contribution in [-0.2, 0) is 11.2 Å². The predicted octanol–water partition coefficient (Wildman–Crippen LogP) is 3.32. The van der Waals surface area contributed by atoms with Crippen molar-refractivity contribution in [2.45, 2.75) is 71.8 Å². The number of nitrogens with one attached hydrogen (secondary N) is 1. The van der Waals surface area contributed by atoms with Gasteiger partial charge in [-0.3, -0.25) is 9.59 Å². The number of rotatable bonds is 7. The number of hydrogen-bond donors (Lipinski definition) is 1. The highest BCUT2D eigenvalue weighted by Crippen LogP contribution is 2.23. The molecular weight excluding hydrogens is 322 g/mol. The maximum Gasteiger partial charge on any atom is 0.265 e. The average molecular weight is 352 g/mol. The summed E-state index contributed by atoms with van der Waals surface area (Å²) in [6.07, 6.45) is 6.47. The van der Waals surface area contributed by atoms with Crippen LogP contribution in [0.4, 0.5) is 0 Å². The fourth-order valence-electron chi connectivity index (χ4n) is 3.04. The Bertz CT molecular complexity index is 571. The van der Waals surface area contributed by atoms with Crippen LogP contribution in [0.2, 0.25) is 0 Å². The number of aryl methyl sites for hydroxylation is 2. The Kier molecular flexibility index (Phi) is 7.21. The van der Waals surface area contributed by atoms with Crippen LogP contribution in [0.25, 0.3) is 0 Å². The minimum Gasteiger partial charge on any atom is -0.352 e. The van der Waals surface area contributed by atoms with Crippen molar-refractivity contribution in [2.75, 3.05) is 13.1 Å². The van der Waals surface area contributed by atoms with Crippen LogP contribution in [0.15, 0.2) is 0 Å². The molecule has 0 aromatic carbocycles. The van der Waals surface area contributed by atoms with E-state index in [9.17, 15) is 9.59 Å². The summed E-state index contributed by atoms with van der Waals surface area (Å²) < 4.78 is 0. The molecule has 1 saturated heterocycles. The van der Waals surface area contributed by atoms with E-state index in [0.717, 1.165) is 60.6 Å². The number of likely N-dealkylation sites (tertiary alicyclic amines) is 1. The van der Waals surface area contributed by atoms with Gasteiger partial charge >= 0.3 is 0 Å². The summed E-state index contributed by atoms with van der Waals surface area (Å²) in [6, 6.07) is 0.0783. The maximum atomic E-state index is 12.8. The Morgan fingerprint density at radius 1 is 1.33 bits per heavy atom. The molecule has 1 aliphatic rings. The summed E-state index contributed by atoms with van der Waals surface area (Å²) >= 11 is 1.53. The van der Waals surface area contributed by atoms with E-state index in [1.807, 2.05) is 18.7 Å². The van der Waals surface area contributed by atoms with Crippen molar-refractivity contribution < 1.29 is 9.59 Å². The highest BCUT2D eigenvalue weighted by Gasteiger charge is 2.27. The molecule has 0 aliphatic carbocycles. The second kappa shape index (κ2) is 9.16. The number of unbranched alkanes of at least 4 members (excludes halogenated alkanes) is 1. The largest absolute Gasteiger partial charge is 0.352 e. The summed E-state index contributed by atoms with van der Waals surface area (Å²) in [5.41, 5.74) is 0.841. The van der Waals surface area contributed by atoms with Gasteiger partial charge < -0.3 is 10.2 Å². The van der Waals surface area contributed by atoms with Gasteiger partial charge in [-0.1, -0.05) is 20.3 Å². The van der Waals surface area contributed by atoms with E-state index >= 15 is 0 Å². The molecule has 6 heteroatoms. The highest BCUT2D eigenvalue weighted by atomic mass is 32.1. The number of nitrogens with zero attached hydrogens (tertiary/aromatic N) is 2. The summed E-state index contributed by atoms with van der Waals surface area (Å²) in [6.45, 7) is 7.45. The van der Waals surface area contributed by atoms with Gasteiger partial charge in [-0.05, 0) is 39.0 Å². The number of amides is 2. The van der Waals surface area contributed by atoms with Crippen LogP contribution in [0.3, 0.4) is 0 Å². The smallest absolute Gasteiger partial charge is 0.265 e. The summed E-state index contributed by atoms with van der Waals surface area (Å²) in [5.74, 6) is 0.162. The second-order valence-corrected chi connectivity index (χ2v) is 7.62. The lowest BCUT2D eigenvalue weighted by atomic mass is 10.0. The minimum absolute atomic E-state index is 0.0715. The molecule has 0 saturated carbocycles. The molecule has 1 fully saturated rings. The third-order valence-electron chi connectivity index (χ3n) is 4.33. The van der Waals surface area contributed by atoms with Gasteiger partial charge in [0.05, 0.1) is 10.7 Å². The van der Waals surface area contributed by atoms with Crippen molar-refractivity contribution >= 4 is 23.2 Å². The first-order valence-electron chi connectivity index (χ1n) is 9.10. The fourth-order valence-corrected chi connectivity index (χ4v) is 4.11. The molecule has 1 aliphatic heterocycles. The zero-order valence-corrected chi connectivity index (χ0v) is 15.9. The topological polar surface area (TPSA) is 62.3 Å². The first-order chi connectivity index (χ1) is 11.5. The lowest BCUT2D eigenvalue weighted by Crippen LogP contribution is -2.49. The van der Waals surface area contributed by atoms with Gasteiger partial charge in [0.1, 0.15) is 4.88 Å². The zero-order valence-electron chi connectivity index (χ0n) is 15.1. The summed E-state index contributed by atoms with van der Waals surface area (Å²) in [5, 5.41) is 4.12. The van der Waals surface area contributed by atoms with Crippen LogP contribution in [0.5, 0.6) is 0 Å². The Morgan fingerprint density at radius 3 is 2.83 bits per heavy atom. The van der Waals surface area contributed by atoms with Gasteiger partial charge in [-0.15, -0.1) is 11.3 Å². The second-order valence-electron chi connectivity index (χ2n) is 6.53. The summed E-state index contributed by atoms with van der Waals surface area (Å²) in [7, 11) is 0. The molecule has 0 spiro atoms. The lowest BCUT2D eigenvalue weighted by molar-refractivity contribution is -0.122. The molecule has 2 rings (SSSR count). The molecule has 1 unspecified atom stereocenters. The van der Waals surface area contributed by atoms with Crippen LogP contribution in [0, 0.1) is 6.92 Å². The zero-order chi connectivity index (χ0) is 17.5. The first-order valence-corrected chi connectivity index (χ1v) is 9.91. The number of hydrogen-bond acceptors (Lipinski definition) is 4. The van der Waals surface area contributed by atoms with Crippen molar-refractivity contribution in [3.63, 3.8) is 0 Å². The monoisotopic (exact) mass is 351 g/mol. The molecule has 2 amide bonds. The van der Waals surface area contributed by atoms with E-state index in [1.165, 1.54) is 11.3 Å². The van der Waals surface area contributed by atoms with E-state index in [4.69, 9.17) is 0 Å². The number of carbonyl (C=O) groups is 2. The van der Waals surface area contributed by atoms with Gasteiger partial charge in [0, 0.05) is 25.6 Å². The standard InChI is InChI=1S/C18H29N3O2S/c1-4-6-10-16-19-13(3)17(24-16)18(23)21-11-7-9-14(12-21)20-15(22)8-5-2/h14H,4-12H2,1-3H3,(H,20,22). The van der Waals surface area contributed by atoms with Crippen LogP contribution in [0.1, 0.15) is 72.7 Å². The molecule has 1 aromatic heterocycles. The van der Waals surface area contributed by atoms with Crippen molar-refractivity contribution in [1.29, 1.82) is 0 Å². The summed E-state index contributed by atoms with van der Waals surface area (Å²) in [4.78, 5) is 31.8. The number of thiazole rings is 1. The Hall–Kier alpha value is -1.43. The third kappa shape index (κ3) is 5.03.